The lowest BCUT2D eigenvalue weighted by Gasteiger charge is -2.34. The van der Waals surface area contributed by atoms with Gasteiger partial charge in [0.1, 0.15) is 0 Å². The van der Waals surface area contributed by atoms with Crippen LogP contribution in [0.2, 0.25) is 0 Å². The Labute approximate surface area is 135 Å². The van der Waals surface area contributed by atoms with Gasteiger partial charge in [0, 0.05) is 6.54 Å². The van der Waals surface area contributed by atoms with Gasteiger partial charge in [-0.3, -0.25) is 24.2 Å². The number of piperidine rings is 1. The molecule has 1 aromatic carbocycles. The zero-order valence-corrected chi connectivity index (χ0v) is 13.0. The number of hydrogen-bond acceptors (Lipinski definition) is 4. The van der Waals surface area contributed by atoms with Gasteiger partial charge in [-0.15, -0.1) is 0 Å². The second-order valence-corrected chi connectivity index (χ2v) is 6.26. The van der Waals surface area contributed by atoms with Gasteiger partial charge in [0.25, 0.3) is 0 Å². The number of nitrogens with zero attached hydrogens (tertiary/aromatic N) is 2. The zero-order chi connectivity index (χ0) is 16.4. The summed E-state index contributed by atoms with van der Waals surface area (Å²) in [5, 5.41) is 0. The Hall–Kier alpha value is -2.21. The standard InChI is InChI=1S/C17H21N3O3/c18-16(22)13-7-4-8-19(11-13)14-9-15(21)20(17(14)23)10-12-5-2-1-3-6-12/h1-3,5-6,13-14H,4,7-11H2,(H2,18,22). The molecule has 0 bridgehead atoms. The van der Waals surface area contributed by atoms with E-state index in [0.29, 0.717) is 13.1 Å². The molecule has 2 aliphatic rings. The van der Waals surface area contributed by atoms with Gasteiger partial charge in [0.2, 0.25) is 17.7 Å². The number of imide groups is 1. The molecule has 2 heterocycles. The molecule has 6 nitrogen and oxygen atoms in total. The highest BCUT2D eigenvalue weighted by molar-refractivity contribution is 6.05. The van der Waals surface area contributed by atoms with Crippen molar-refractivity contribution in [1.82, 2.24) is 9.80 Å². The monoisotopic (exact) mass is 315 g/mol. The van der Waals surface area contributed by atoms with Crippen LogP contribution >= 0.6 is 0 Å². The lowest BCUT2D eigenvalue weighted by molar-refractivity contribution is -0.141. The van der Waals surface area contributed by atoms with Gasteiger partial charge in [-0.1, -0.05) is 30.3 Å². The summed E-state index contributed by atoms with van der Waals surface area (Å²) >= 11 is 0. The first-order chi connectivity index (χ1) is 11.1. The molecule has 3 rings (SSSR count). The van der Waals surface area contributed by atoms with Crippen LogP contribution in [0.3, 0.4) is 0 Å². The van der Waals surface area contributed by atoms with Gasteiger partial charge in [-0.05, 0) is 24.9 Å². The van der Waals surface area contributed by atoms with Crippen molar-refractivity contribution in [2.45, 2.75) is 31.8 Å². The molecule has 2 N–H and O–H groups in total. The van der Waals surface area contributed by atoms with Crippen LogP contribution in [0.1, 0.15) is 24.8 Å². The minimum atomic E-state index is -0.451. The third-order valence-corrected chi connectivity index (χ3v) is 4.70. The number of likely N-dealkylation sites (tertiary alicyclic amines) is 2. The van der Waals surface area contributed by atoms with Crippen molar-refractivity contribution in [3.8, 4) is 0 Å². The van der Waals surface area contributed by atoms with Crippen LogP contribution in [-0.4, -0.2) is 46.7 Å². The molecule has 0 radical (unpaired) electrons. The summed E-state index contributed by atoms with van der Waals surface area (Å²) in [6, 6.07) is 9.03. The SMILES string of the molecule is NC(=O)C1CCCN(C2CC(=O)N(Cc3ccccc3)C2=O)C1. The largest absolute Gasteiger partial charge is 0.369 e. The van der Waals surface area contributed by atoms with Crippen molar-refractivity contribution >= 4 is 17.7 Å². The van der Waals surface area contributed by atoms with Crippen molar-refractivity contribution in [1.29, 1.82) is 0 Å². The van der Waals surface area contributed by atoms with Gasteiger partial charge in [-0.2, -0.15) is 0 Å². The molecule has 0 aliphatic carbocycles. The Kier molecular flexibility index (Phi) is 4.43. The Morgan fingerprint density at radius 2 is 1.96 bits per heavy atom. The maximum absolute atomic E-state index is 12.6. The van der Waals surface area contributed by atoms with Crippen LogP contribution in [0.15, 0.2) is 30.3 Å². The summed E-state index contributed by atoms with van der Waals surface area (Å²) in [7, 11) is 0. The highest BCUT2D eigenvalue weighted by atomic mass is 16.2. The average Bonchev–Trinajstić information content (AvgIpc) is 2.84. The smallest absolute Gasteiger partial charge is 0.247 e. The van der Waals surface area contributed by atoms with Crippen molar-refractivity contribution in [3.05, 3.63) is 35.9 Å². The van der Waals surface area contributed by atoms with Crippen LogP contribution in [0.5, 0.6) is 0 Å². The second kappa shape index (κ2) is 6.50. The predicted octanol–water partition coefficient (Wildman–Crippen LogP) is 0.511. The number of carbonyl (C=O) groups is 3. The number of carbonyl (C=O) groups excluding carboxylic acids is 3. The minimum Gasteiger partial charge on any atom is -0.369 e. The Morgan fingerprint density at radius 1 is 1.22 bits per heavy atom. The van der Waals surface area contributed by atoms with E-state index in [4.69, 9.17) is 5.73 Å². The van der Waals surface area contributed by atoms with Gasteiger partial charge in [0.05, 0.1) is 24.9 Å². The molecule has 0 spiro atoms. The Morgan fingerprint density at radius 3 is 2.65 bits per heavy atom. The van der Waals surface area contributed by atoms with E-state index in [1.165, 1.54) is 4.90 Å². The molecule has 2 aliphatic heterocycles. The van der Waals surface area contributed by atoms with Crippen LogP contribution in [0.25, 0.3) is 0 Å². The number of rotatable bonds is 4. The topological polar surface area (TPSA) is 83.7 Å². The molecular formula is C17H21N3O3. The van der Waals surface area contributed by atoms with Gasteiger partial charge >= 0.3 is 0 Å². The molecule has 0 saturated carbocycles. The molecule has 1 aromatic rings. The number of hydrogen-bond donors (Lipinski definition) is 1. The first-order valence-electron chi connectivity index (χ1n) is 7.98. The van der Waals surface area contributed by atoms with Crippen molar-refractivity contribution in [2.24, 2.45) is 11.7 Å². The van der Waals surface area contributed by atoms with Gasteiger partial charge in [-0.25, -0.2) is 0 Å². The zero-order valence-electron chi connectivity index (χ0n) is 13.0. The molecule has 23 heavy (non-hydrogen) atoms. The van der Waals surface area contributed by atoms with E-state index >= 15 is 0 Å². The first-order valence-corrected chi connectivity index (χ1v) is 7.98. The molecular weight excluding hydrogens is 294 g/mol. The van der Waals surface area contributed by atoms with Gasteiger partial charge in [0.15, 0.2) is 0 Å². The molecule has 2 saturated heterocycles. The van der Waals surface area contributed by atoms with E-state index < -0.39 is 6.04 Å². The fourth-order valence-corrected chi connectivity index (χ4v) is 3.40. The van der Waals surface area contributed by atoms with E-state index in [0.717, 1.165) is 24.9 Å². The van der Waals surface area contributed by atoms with Crippen molar-refractivity contribution in [3.63, 3.8) is 0 Å². The number of nitrogens with two attached hydrogens (primary N) is 1. The fourth-order valence-electron chi connectivity index (χ4n) is 3.40. The molecule has 6 heteroatoms. The predicted molar refractivity (Wildman–Crippen MR) is 83.9 cm³/mol. The van der Waals surface area contributed by atoms with Gasteiger partial charge < -0.3 is 5.73 Å². The molecule has 2 atom stereocenters. The molecule has 2 unspecified atom stereocenters. The summed E-state index contributed by atoms with van der Waals surface area (Å²) in [5.41, 5.74) is 6.33. The molecule has 0 aromatic heterocycles. The van der Waals surface area contributed by atoms with E-state index in [-0.39, 0.29) is 30.1 Å². The summed E-state index contributed by atoms with van der Waals surface area (Å²) in [5.74, 6) is -0.864. The maximum Gasteiger partial charge on any atom is 0.247 e. The van der Waals surface area contributed by atoms with E-state index in [1.54, 1.807) is 0 Å². The summed E-state index contributed by atoms with van der Waals surface area (Å²) in [6.45, 7) is 1.51. The normalized spacial score (nSPS) is 25.8. The Bertz CT molecular complexity index is 617. The number of primary amides is 1. The summed E-state index contributed by atoms with van der Waals surface area (Å²) in [4.78, 5) is 39.6. The quantitative estimate of drug-likeness (QED) is 0.821. The molecule has 3 amide bonds. The highest BCUT2D eigenvalue weighted by Crippen LogP contribution is 2.26. The lowest BCUT2D eigenvalue weighted by Crippen LogP contribution is -2.49. The third-order valence-electron chi connectivity index (χ3n) is 4.70. The van der Waals surface area contributed by atoms with E-state index in [1.807, 2.05) is 35.2 Å². The Balaban J connectivity index is 1.69. The van der Waals surface area contributed by atoms with Crippen molar-refractivity contribution < 1.29 is 14.4 Å². The summed E-state index contributed by atoms with van der Waals surface area (Å²) < 4.78 is 0. The first kappa shape index (κ1) is 15.7. The van der Waals surface area contributed by atoms with Crippen LogP contribution in [0, 0.1) is 5.92 Å². The molecule has 122 valence electrons. The maximum atomic E-state index is 12.6. The van der Waals surface area contributed by atoms with E-state index in [9.17, 15) is 14.4 Å². The van der Waals surface area contributed by atoms with E-state index in [2.05, 4.69) is 0 Å². The average molecular weight is 315 g/mol. The molecule has 2 fully saturated rings. The second-order valence-electron chi connectivity index (χ2n) is 6.26. The minimum absolute atomic E-state index is 0.148. The highest BCUT2D eigenvalue weighted by Gasteiger charge is 2.43. The lowest BCUT2D eigenvalue weighted by atomic mass is 9.96. The third kappa shape index (κ3) is 3.27. The van der Waals surface area contributed by atoms with Crippen LogP contribution in [0.4, 0.5) is 0 Å². The number of amides is 3. The van der Waals surface area contributed by atoms with Crippen LogP contribution in [-0.2, 0) is 20.9 Å². The summed E-state index contributed by atoms with van der Waals surface area (Å²) in [6.07, 6.45) is 1.77. The van der Waals surface area contributed by atoms with Crippen molar-refractivity contribution in [2.75, 3.05) is 13.1 Å². The number of benzene rings is 1. The van der Waals surface area contributed by atoms with Crippen LogP contribution < -0.4 is 5.73 Å². The fraction of sp³-hybridized carbons (Fsp3) is 0.471.